The number of nitrogens with one attached hydrogen (secondary N) is 2. The van der Waals surface area contributed by atoms with Gasteiger partial charge in [0.05, 0.1) is 6.61 Å². The first-order chi connectivity index (χ1) is 8.75. The van der Waals surface area contributed by atoms with Gasteiger partial charge in [-0.1, -0.05) is 0 Å². The number of aliphatic hydroxyl groups is 4. The zero-order chi connectivity index (χ0) is 14.8. The van der Waals surface area contributed by atoms with Gasteiger partial charge in [-0.2, -0.15) is 0 Å². The molecular formula is C9H17N3O6S. The van der Waals surface area contributed by atoms with Crippen LogP contribution < -0.4 is 16.6 Å². The molecule has 1 fully saturated rings. The van der Waals surface area contributed by atoms with Gasteiger partial charge in [0, 0.05) is 0 Å². The summed E-state index contributed by atoms with van der Waals surface area (Å²) in [5.41, 5.74) is 7.41. The zero-order valence-corrected chi connectivity index (χ0v) is 10.9. The van der Waals surface area contributed by atoms with Crippen LogP contribution in [0.2, 0.25) is 0 Å². The van der Waals surface area contributed by atoms with Crippen molar-refractivity contribution in [1.29, 1.82) is 0 Å². The number of ether oxygens (including phenoxy) is 1. The smallest absolute Gasteiger partial charge is 0.179 e. The second-order valence-electron chi connectivity index (χ2n) is 4.18. The Hall–Kier alpha value is -0.880. The summed E-state index contributed by atoms with van der Waals surface area (Å²) in [6.07, 6.45) is -6.12. The van der Waals surface area contributed by atoms with Crippen molar-refractivity contribution in [3.8, 4) is 0 Å². The van der Waals surface area contributed by atoms with Gasteiger partial charge in [-0.15, -0.1) is 0 Å². The van der Waals surface area contributed by atoms with E-state index in [-0.39, 0.29) is 5.11 Å². The lowest BCUT2D eigenvalue weighted by Crippen LogP contribution is -2.73. The van der Waals surface area contributed by atoms with Gasteiger partial charge in [0.25, 0.3) is 0 Å². The first kappa shape index (κ1) is 16.2. The van der Waals surface area contributed by atoms with E-state index in [9.17, 15) is 20.1 Å². The minimum Gasteiger partial charge on any atom is -0.394 e. The molecule has 0 aromatic carbocycles. The Labute approximate surface area is 114 Å². The summed E-state index contributed by atoms with van der Waals surface area (Å²) in [7, 11) is 0. The van der Waals surface area contributed by atoms with E-state index < -0.39 is 42.5 Å². The summed E-state index contributed by atoms with van der Waals surface area (Å²) in [6, 6.07) is 0. The summed E-state index contributed by atoms with van der Waals surface area (Å²) >= 11 is 4.53. The maximum atomic E-state index is 11.4. The van der Waals surface area contributed by atoms with E-state index >= 15 is 0 Å². The number of ketones is 1. The first-order valence-corrected chi connectivity index (χ1v) is 5.82. The highest BCUT2D eigenvalue weighted by Gasteiger charge is 2.57. The number of hydrazine groups is 1. The van der Waals surface area contributed by atoms with Crippen LogP contribution in [0, 0.1) is 0 Å². The van der Waals surface area contributed by atoms with Crippen molar-refractivity contribution in [2.24, 2.45) is 5.73 Å². The molecule has 1 heterocycles. The third kappa shape index (κ3) is 3.00. The Morgan fingerprint density at radius 3 is 2.53 bits per heavy atom. The lowest BCUT2D eigenvalue weighted by atomic mass is 9.81. The van der Waals surface area contributed by atoms with Crippen LogP contribution in [-0.2, 0) is 9.53 Å². The van der Waals surface area contributed by atoms with Crippen LogP contribution in [0.1, 0.15) is 6.92 Å². The molecule has 0 aromatic heterocycles. The molecule has 1 unspecified atom stereocenters. The van der Waals surface area contributed by atoms with Gasteiger partial charge in [-0.05, 0) is 19.1 Å². The largest absolute Gasteiger partial charge is 0.394 e. The molecular weight excluding hydrogens is 278 g/mol. The van der Waals surface area contributed by atoms with E-state index in [0.29, 0.717) is 0 Å². The molecule has 8 N–H and O–H groups in total. The number of hydrogen-bond acceptors (Lipinski definition) is 8. The van der Waals surface area contributed by atoms with Gasteiger partial charge in [0.2, 0.25) is 0 Å². The summed E-state index contributed by atoms with van der Waals surface area (Å²) < 4.78 is 5.13. The highest BCUT2D eigenvalue weighted by molar-refractivity contribution is 7.80. The van der Waals surface area contributed by atoms with Crippen molar-refractivity contribution in [2.45, 2.75) is 37.1 Å². The van der Waals surface area contributed by atoms with Crippen LogP contribution in [0.25, 0.3) is 0 Å². The number of Topliss-reactive ketones (excluding diaryl/α,β-unsaturated/α-hetero) is 1. The maximum absolute atomic E-state index is 11.4. The fourth-order valence-electron chi connectivity index (χ4n) is 1.86. The highest BCUT2D eigenvalue weighted by atomic mass is 32.1. The Balaban J connectivity index is 2.91. The van der Waals surface area contributed by atoms with Crippen molar-refractivity contribution < 1.29 is 30.0 Å². The highest BCUT2D eigenvalue weighted by Crippen LogP contribution is 2.29. The Kier molecular flexibility index (Phi) is 5.15. The predicted molar refractivity (Wildman–Crippen MR) is 66.4 cm³/mol. The molecule has 1 saturated heterocycles. The lowest BCUT2D eigenvalue weighted by molar-refractivity contribution is -0.272. The molecule has 0 amide bonds. The normalized spacial score (nSPS) is 38.8. The predicted octanol–water partition coefficient (Wildman–Crippen LogP) is -3.92. The van der Waals surface area contributed by atoms with Crippen molar-refractivity contribution in [3.63, 3.8) is 0 Å². The summed E-state index contributed by atoms with van der Waals surface area (Å²) in [4.78, 5) is 11.4. The molecule has 0 radical (unpaired) electrons. The monoisotopic (exact) mass is 295 g/mol. The number of rotatable bonds is 4. The van der Waals surface area contributed by atoms with Crippen molar-refractivity contribution in [2.75, 3.05) is 6.61 Å². The van der Waals surface area contributed by atoms with Crippen molar-refractivity contribution >= 4 is 23.1 Å². The van der Waals surface area contributed by atoms with Gasteiger partial charge in [0.15, 0.2) is 22.7 Å². The second kappa shape index (κ2) is 6.05. The zero-order valence-electron chi connectivity index (χ0n) is 10.1. The van der Waals surface area contributed by atoms with E-state index in [1.54, 1.807) is 0 Å². The molecule has 1 aliphatic rings. The minimum absolute atomic E-state index is 0.141. The summed E-state index contributed by atoms with van der Waals surface area (Å²) in [5, 5.41) is 38.8. The van der Waals surface area contributed by atoms with Gasteiger partial charge >= 0.3 is 0 Å². The Morgan fingerprint density at radius 2 is 2.11 bits per heavy atom. The van der Waals surface area contributed by atoms with Crippen LogP contribution >= 0.6 is 12.2 Å². The summed E-state index contributed by atoms with van der Waals surface area (Å²) in [6.45, 7) is 0.286. The number of hydrogen-bond donors (Lipinski definition) is 7. The first-order valence-electron chi connectivity index (χ1n) is 5.42. The number of thiocarbonyl (C=S) groups is 1. The van der Waals surface area contributed by atoms with Crippen molar-refractivity contribution in [3.05, 3.63) is 0 Å². The molecule has 0 saturated carbocycles. The molecule has 19 heavy (non-hydrogen) atoms. The quantitative estimate of drug-likeness (QED) is 0.202. The van der Waals surface area contributed by atoms with Crippen LogP contribution in [-0.4, -0.2) is 68.1 Å². The van der Waals surface area contributed by atoms with Crippen molar-refractivity contribution in [1.82, 2.24) is 10.9 Å². The third-order valence-corrected chi connectivity index (χ3v) is 3.06. The SMILES string of the molecule is CC(=O)[C@]1(O)[C@H](O)[C@@H](O)C(NNC(N)=S)O[C@@H]1CO. The third-order valence-electron chi connectivity index (χ3n) is 2.95. The van der Waals surface area contributed by atoms with E-state index in [1.807, 2.05) is 0 Å². The number of carbonyl (C=O) groups excluding carboxylic acids is 1. The van der Waals surface area contributed by atoms with Gasteiger partial charge in [-0.3, -0.25) is 10.2 Å². The molecule has 110 valence electrons. The average molecular weight is 295 g/mol. The fraction of sp³-hybridized carbons (Fsp3) is 0.778. The lowest BCUT2D eigenvalue weighted by Gasteiger charge is -2.46. The molecule has 10 heteroatoms. The molecule has 5 atom stereocenters. The molecule has 0 aliphatic carbocycles. The van der Waals surface area contributed by atoms with Gasteiger partial charge < -0.3 is 30.9 Å². The van der Waals surface area contributed by atoms with Gasteiger partial charge in [-0.25, -0.2) is 5.43 Å². The van der Waals surface area contributed by atoms with E-state index in [0.717, 1.165) is 6.92 Å². The Bertz CT molecular complexity index is 366. The van der Waals surface area contributed by atoms with E-state index in [1.165, 1.54) is 0 Å². The summed E-state index contributed by atoms with van der Waals surface area (Å²) in [5.74, 6) is -0.834. The minimum atomic E-state index is -2.39. The number of aliphatic hydroxyl groups excluding tert-OH is 3. The van der Waals surface area contributed by atoms with Crippen LogP contribution in [0.4, 0.5) is 0 Å². The van der Waals surface area contributed by atoms with E-state index in [4.69, 9.17) is 15.6 Å². The van der Waals surface area contributed by atoms with Crippen LogP contribution in [0.15, 0.2) is 0 Å². The topological polar surface area (TPSA) is 157 Å². The molecule has 1 aliphatic heterocycles. The standard InChI is InChI=1S/C9H17N3O6S/c1-3(14)9(17)4(2-13)18-7(5(15)6(9)16)11-12-8(10)19/h4-7,11,13,15-17H,2H2,1H3,(H3,10,12,19)/t4-,5-,6-,7?,9-/m1/s1. The molecule has 9 nitrogen and oxygen atoms in total. The van der Waals surface area contributed by atoms with E-state index in [2.05, 4.69) is 23.1 Å². The molecule has 0 spiro atoms. The Morgan fingerprint density at radius 1 is 1.53 bits per heavy atom. The molecule has 0 bridgehead atoms. The van der Waals surface area contributed by atoms with Crippen LogP contribution in [0.5, 0.6) is 0 Å². The average Bonchev–Trinajstić information content (AvgIpc) is 2.34. The van der Waals surface area contributed by atoms with Gasteiger partial charge in [0.1, 0.15) is 18.3 Å². The number of nitrogens with two attached hydrogens (primary N) is 1. The molecule has 0 aromatic rings. The number of carbonyl (C=O) groups is 1. The molecule has 1 rings (SSSR count). The second-order valence-corrected chi connectivity index (χ2v) is 4.62. The fourth-order valence-corrected chi connectivity index (χ4v) is 1.92. The maximum Gasteiger partial charge on any atom is 0.179 e. The van der Waals surface area contributed by atoms with Crippen LogP contribution in [0.3, 0.4) is 0 Å².